The van der Waals surface area contributed by atoms with Crippen molar-refractivity contribution in [2.24, 2.45) is 5.92 Å². The van der Waals surface area contributed by atoms with E-state index in [1.165, 1.54) is 32.1 Å². The Kier molecular flexibility index (Phi) is 7.90. The van der Waals surface area contributed by atoms with Gasteiger partial charge in [-0.05, 0) is 43.4 Å². The largest absolute Gasteiger partial charge is 0.497 e. The van der Waals surface area contributed by atoms with Crippen LogP contribution in [0.1, 0.15) is 85.6 Å². The van der Waals surface area contributed by atoms with Crippen molar-refractivity contribution in [3.63, 3.8) is 0 Å². The minimum absolute atomic E-state index is 0.0102. The van der Waals surface area contributed by atoms with E-state index in [9.17, 15) is 9.59 Å². The van der Waals surface area contributed by atoms with Crippen molar-refractivity contribution in [3.05, 3.63) is 47.5 Å². The summed E-state index contributed by atoms with van der Waals surface area (Å²) in [5.74, 6) is 0.912. The number of fused-ring (bicyclic) bond motifs is 1. The van der Waals surface area contributed by atoms with Crippen LogP contribution < -0.4 is 10.1 Å². The third-order valence-electron chi connectivity index (χ3n) is 8.02. The number of nitrogens with zero attached hydrogens (tertiary/aromatic N) is 3. The molecule has 1 aromatic carbocycles. The molecule has 8 nitrogen and oxygen atoms in total. The molecular formula is C28H38N4O4. The number of rotatable bonds is 5. The molecule has 1 aliphatic carbocycles. The molecule has 0 spiro atoms. The number of imidazole rings is 1. The standard InChI is InChI=1S/C28H38N4O4/c1-35-23-11-9-20(10-12-23)25-17-32-19-29-26(24(32)18-36-25)28(34)31-15-13-21(14-16-31)27(33)30-22-7-5-3-2-4-6-8-22/h9-12,19,21-22,25H,2-8,13-18H2,1H3,(H,30,33)/t25-/m1/s1. The number of carbonyl (C=O) groups is 2. The first-order valence-corrected chi connectivity index (χ1v) is 13.5. The van der Waals surface area contributed by atoms with Gasteiger partial charge in [0, 0.05) is 25.0 Å². The van der Waals surface area contributed by atoms with Crippen LogP contribution in [-0.2, 0) is 22.7 Å². The molecule has 3 aliphatic rings. The molecule has 8 heteroatoms. The zero-order valence-corrected chi connectivity index (χ0v) is 21.3. The second-order valence-corrected chi connectivity index (χ2v) is 10.4. The highest BCUT2D eigenvalue weighted by molar-refractivity contribution is 5.93. The predicted molar refractivity (Wildman–Crippen MR) is 136 cm³/mol. The minimum atomic E-state index is -0.0901. The van der Waals surface area contributed by atoms with E-state index in [4.69, 9.17) is 9.47 Å². The molecule has 2 amide bonds. The Balaban J connectivity index is 1.14. The number of nitrogens with one attached hydrogen (secondary N) is 1. The number of methoxy groups -OCH3 is 1. The lowest BCUT2D eigenvalue weighted by atomic mass is 9.93. The number of benzene rings is 1. The number of ether oxygens (including phenoxy) is 2. The third-order valence-corrected chi connectivity index (χ3v) is 8.02. The summed E-state index contributed by atoms with van der Waals surface area (Å²) in [6.45, 7) is 2.13. The number of aromatic nitrogens is 2. The van der Waals surface area contributed by atoms with E-state index < -0.39 is 0 Å². The van der Waals surface area contributed by atoms with Crippen molar-refractivity contribution >= 4 is 11.8 Å². The Morgan fingerprint density at radius 3 is 2.39 bits per heavy atom. The Morgan fingerprint density at radius 1 is 1.00 bits per heavy atom. The molecule has 0 radical (unpaired) electrons. The van der Waals surface area contributed by atoms with Crippen LogP contribution in [0.2, 0.25) is 0 Å². The summed E-state index contributed by atoms with van der Waals surface area (Å²) in [5.41, 5.74) is 2.37. The molecule has 2 aliphatic heterocycles. The topological polar surface area (TPSA) is 85.7 Å². The molecule has 5 rings (SSSR count). The van der Waals surface area contributed by atoms with Gasteiger partial charge in [0.05, 0.1) is 32.3 Å². The summed E-state index contributed by atoms with van der Waals surface area (Å²) in [6.07, 6.45) is 11.5. The fourth-order valence-electron chi connectivity index (χ4n) is 5.74. The van der Waals surface area contributed by atoms with Gasteiger partial charge < -0.3 is 24.3 Å². The van der Waals surface area contributed by atoms with Gasteiger partial charge in [-0.3, -0.25) is 9.59 Å². The zero-order valence-electron chi connectivity index (χ0n) is 21.3. The molecule has 2 fully saturated rings. The van der Waals surface area contributed by atoms with Gasteiger partial charge in [-0.25, -0.2) is 4.98 Å². The van der Waals surface area contributed by atoms with Crippen molar-refractivity contribution in [3.8, 4) is 5.75 Å². The van der Waals surface area contributed by atoms with Crippen LogP contribution in [0, 0.1) is 5.92 Å². The molecule has 3 heterocycles. The molecule has 1 aromatic heterocycles. The number of amides is 2. The Morgan fingerprint density at radius 2 is 1.69 bits per heavy atom. The summed E-state index contributed by atoms with van der Waals surface area (Å²) in [6, 6.07) is 8.19. The van der Waals surface area contributed by atoms with Crippen molar-refractivity contribution in [2.45, 2.75) is 83.1 Å². The Labute approximate surface area is 213 Å². The molecule has 194 valence electrons. The van der Waals surface area contributed by atoms with Gasteiger partial charge in [0.1, 0.15) is 11.9 Å². The van der Waals surface area contributed by atoms with Crippen LogP contribution in [0.4, 0.5) is 0 Å². The zero-order chi connectivity index (χ0) is 24.9. The molecule has 1 saturated carbocycles. The normalized spacial score (nSPS) is 21.8. The van der Waals surface area contributed by atoms with Gasteiger partial charge >= 0.3 is 0 Å². The lowest BCUT2D eigenvalue weighted by Gasteiger charge is -2.32. The van der Waals surface area contributed by atoms with Gasteiger partial charge in [-0.1, -0.05) is 44.2 Å². The molecule has 0 unspecified atom stereocenters. The molecular weight excluding hydrogens is 456 g/mol. The number of piperidine rings is 1. The number of hydrogen-bond acceptors (Lipinski definition) is 5. The molecule has 0 bridgehead atoms. The average Bonchev–Trinajstić information content (AvgIpc) is 3.33. The highest BCUT2D eigenvalue weighted by Gasteiger charge is 2.32. The fourth-order valence-corrected chi connectivity index (χ4v) is 5.74. The van der Waals surface area contributed by atoms with Crippen LogP contribution in [0.15, 0.2) is 30.6 Å². The van der Waals surface area contributed by atoms with Gasteiger partial charge in [-0.2, -0.15) is 0 Å². The maximum atomic E-state index is 13.3. The monoisotopic (exact) mass is 494 g/mol. The van der Waals surface area contributed by atoms with Crippen LogP contribution in [0.25, 0.3) is 0 Å². The molecule has 1 saturated heterocycles. The summed E-state index contributed by atoms with van der Waals surface area (Å²) >= 11 is 0. The Hall–Kier alpha value is -2.87. The smallest absolute Gasteiger partial charge is 0.274 e. The van der Waals surface area contributed by atoms with E-state index in [0.29, 0.717) is 50.8 Å². The summed E-state index contributed by atoms with van der Waals surface area (Å²) < 4.78 is 13.4. The SMILES string of the molecule is COc1ccc([C@H]2Cn3cnc(C(=O)N4CCC(C(=O)NC5CCCCCCC5)CC4)c3CO2)cc1. The van der Waals surface area contributed by atoms with Gasteiger partial charge in [-0.15, -0.1) is 0 Å². The first-order chi connectivity index (χ1) is 17.6. The lowest BCUT2D eigenvalue weighted by molar-refractivity contribution is -0.127. The summed E-state index contributed by atoms with van der Waals surface area (Å²) in [7, 11) is 1.65. The second-order valence-electron chi connectivity index (χ2n) is 10.4. The first kappa shape index (κ1) is 24.8. The average molecular weight is 495 g/mol. The molecule has 1 atom stereocenters. The molecule has 2 aromatic rings. The van der Waals surface area contributed by atoms with Crippen molar-refractivity contribution < 1.29 is 19.1 Å². The Bertz CT molecular complexity index is 1030. The molecule has 1 N–H and O–H groups in total. The van der Waals surface area contributed by atoms with E-state index in [-0.39, 0.29) is 23.8 Å². The third kappa shape index (κ3) is 5.59. The van der Waals surface area contributed by atoms with E-state index >= 15 is 0 Å². The highest BCUT2D eigenvalue weighted by atomic mass is 16.5. The maximum Gasteiger partial charge on any atom is 0.274 e. The van der Waals surface area contributed by atoms with Crippen LogP contribution in [0.5, 0.6) is 5.75 Å². The first-order valence-electron chi connectivity index (χ1n) is 13.5. The minimum Gasteiger partial charge on any atom is -0.497 e. The van der Waals surface area contributed by atoms with E-state index in [2.05, 4.69) is 10.3 Å². The van der Waals surface area contributed by atoms with Gasteiger partial charge in [0.25, 0.3) is 5.91 Å². The molecule has 36 heavy (non-hydrogen) atoms. The van der Waals surface area contributed by atoms with E-state index in [1.54, 1.807) is 13.4 Å². The van der Waals surface area contributed by atoms with Crippen LogP contribution >= 0.6 is 0 Å². The van der Waals surface area contributed by atoms with Crippen molar-refractivity contribution in [1.82, 2.24) is 19.8 Å². The quantitative estimate of drug-likeness (QED) is 0.672. The van der Waals surface area contributed by atoms with E-state index in [0.717, 1.165) is 29.8 Å². The van der Waals surface area contributed by atoms with Gasteiger partial charge in [0.15, 0.2) is 5.69 Å². The lowest BCUT2D eigenvalue weighted by Crippen LogP contribution is -2.45. The van der Waals surface area contributed by atoms with Crippen LogP contribution in [-0.4, -0.2) is 52.5 Å². The summed E-state index contributed by atoms with van der Waals surface area (Å²) in [5, 5.41) is 3.31. The van der Waals surface area contributed by atoms with E-state index in [1.807, 2.05) is 33.7 Å². The van der Waals surface area contributed by atoms with Gasteiger partial charge in [0.2, 0.25) is 5.91 Å². The summed E-state index contributed by atoms with van der Waals surface area (Å²) in [4.78, 5) is 32.5. The van der Waals surface area contributed by atoms with Crippen LogP contribution in [0.3, 0.4) is 0 Å². The van der Waals surface area contributed by atoms with Crippen molar-refractivity contribution in [1.29, 1.82) is 0 Å². The second kappa shape index (κ2) is 11.5. The number of hydrogen-bond donors (Lipinski definition) is 1. The predicted octanol–water partition coefficient (Wildman–Crippen LogP) is 4.24. The number of carbonyl (C=O) groups excluding carboxylic acids is 2. The van der Waals surface area contributed by atoms with Crippen molar-refractivity contribution in [2.75, 3.05) is 20.2 Å². The maximum absolute atomic E-state index is 13.3. The highest BCUT2D eigenvalue weighted by Crippen LogP contribution is 2.30. The fraction of sp³-hybridized carbons (Fsp3) is 0.607. The number of likely N-dealkylation sites (tertiary alicyclic amines) is 1.